The van der Waals surface area contributed by atoms with Crippen LogP contribution in [0.2, 0.25) is 0 Å². The maximum absolute atomic E-state index is 12.4. The number of nitrogens with zero attached hydrogens (tertiary/aromatic N) is 2. The van der Waals surface area contributed by atoms with Gasteiger partial charge in [0.15, 0.2) is 0 Å². The lowest BCUT2D eigenvalue weighted by Gasteiger charge is -2.27. The molecule has 1 aromatic carbocycles. The first kappa shape index (κ1) is 21.8. The molecule has 0 fully saturated rings. The van der Waals surface area contributed by atoms with Gasteiger partial charge in [0.2, 0.25) is 5.91 Å². The number of benzene rings is 1. The molecule has 3 N–H and O–H groups in total. The van der Waals surface area contributed by atoms with Gasteiger partial charge in [0.1, 0.15) is 12.4 Å². The van der Waals surface area contributed by atoms with E-state index >= 15 is 0 Å². The Morgan fingerprint density at radius 2 is 1.73 bits per heavy atom. The van der Waals surface area contributed by atoms with Crippen molar-refractivity contribution in [2.75, 3.05) is 39.3 Å². The molecule has 0 saturated heterocycles. The van der Waals surface area contributed by atoms with Crippen LogP contribution in [0.25, 0.3) is 0 Å². The Labute approximate surface area is 156 Å². The van der Waals surface area contributed by atoms with Crippen molar-refractivity contribution >= 4 is 11.9 Å². The summed E-state index contributed by atoms with van der Waals surface area (Å²) in [5.41, 5.74) is 5.65. The lowest BCUT2D eigenvalue weighted by molar-refractivity contribution is 0.1000. The molecule has 0 unspecified atom stereocenters. The minimum absolute atomic E-state index is 0.0734. The third kappa shape index (κ3) is 7.31. The van der Waals surface area contributed by atoms with Crippen LogP contribution in [-0.2, 0) is 0 Å². The number of nitrogens with one attached hydrogen (secondary N) is 1. The molecule has 0 aliphatic heterocycles. The van der Waals surface area contributed by atoms with Gasteiger partial charge in [0, 0.05) is 24.7 Å². The standard InChI is InChI=1S/C19H32N4O3/c1-5-22(6-2)12-11-21-19(25)23(15(3)4)13-14-26-17-9-7-16(8-10-17)18(20)24/h7-10,15H,5-6,11-14H2,1-4H3,(H2,20,24)(H,21,25). The van der Waals surface area contributed by atoms with Crippen molar-refractivity contribution in [3.8, 4) is 5.75 Å². The van der Waals surface area contributed by atoms with Crippen molar-refractivity contribution in [3.05, 3.63) is 29.8 Å². The molecule has 0 atom stereocenters. The van der Waals surface area contributed by atoms with Crippen molar-refractivity contribution in [2.45, 2.75) is 33.7 Å². The first-order valence-electron chi connectivity index (χ1n) is 9.18. The normalized spacial score (nSPS) is 10.8. The SMILES string of the molecule is CCN(CC)CCNC(=O)N(CCOc1ccc(C(N)=O)cc1)C(C)C. The number of hydrogen-bond donors (Lipinski definition) is 2. The van der Waals surface area contributed by atoms with E-state index in [1.54, 1.807) is 29.2 Å². The van der Waals surface area contributed by atoms with E-state index in [-0.39, 0.29) is 12.1 Å². The van der Waals surface area contributed by atoms with Crippen LogP contribution in [0.1, 0.15) is 38.1 Å². The van der Waals surface area contributed by atoms with Crippen molar-refractivity contribution in [1.29, 1.82) is 0 Å². The molecule has 0 aliphatic carbocycles. The van der Waals surface area contributed by atoms with Gasteiger partial charge >= 0.3 is 6.03 Å². The molecule has 26 heavy (non-hydrogen) atoms. The number of primary amides is 1. The van der Waals surface area contributed by atoms with Gasteiger partial charge in [-0.1, -0.05) is 13.8 Å². The van der Waals surface area contributed by atoms with Gasteiger partial charge in [-0.05, 0) is 51.2 Å². The van der Waals surface area contributed by atoms with Crippen molar-refractivity contribution in [1.82, 2.24) is 15.1 Å². The highest BCUT2D eigenvalue weighted by Gasteiger charge is 2.16. The van der Waals surface area contributed by atoms with Gasteiger partial charge in [-0.15, -0.1) is 0 Å². The molecule has 0 aromatic heterocycles. The molecule has 1 aromatic rings. The first-order valence-corrected chi connectivity index (χ1v) is 9.18. The maximum atomic E-state index is 12.4. The summed E-state index contributed by atoms with van der Waals surface area (Å²) in [6, 6.07) is 6.63. The molecule has 0 bridgehead atoms. The second kappa shape index (κ2) is 11.4. The molecule has 7 heteroatoms. The predicted molar refractivity (Wildman–Crippen MR) is 103 cm³/mol. The largest absolute Gasteiger partial charge is 0.492 e. The number of rotatable bonds is 11. The number of nitrogens with two attached hydrogens (primary N) is 1. The van der Waals surface area contributed by atoms with E-state index in [0.717, 1.165) is 19.6 Å². The Hall–Kier alpha value is -2.28. The summed E-state index contributed by atoms with van der Waals surface area (Å²) in [4.78, 5) is 27.5. The van der Waals surface area contributed by atoms with Crippen LogP contribution >= 0.6 is 0 Å². The highest BCUT2D eigenvalue weighted by molar-refractivity contribution is 5.92. The van der Waals surface area contributed by atoms with Crippen molar-refractivity contribution < 1.29 is 14.3 Å². The van der Waals surface area contributed by atoms with Gasteiger partial charge in [-0.2, -0.15) is 0 Å². The maximum Gasteiger partial charge on any atom is 0.317 e. The summed E-state index contributed by atoms with van der Waals surface area (Å²) in [5.74, 6) is 0.171. The van der Waals surface area contributed by atoms with Crippen molar-refractivity contribution in [3.63, 3.8) is 0 Å². The smallest absolute Gasteiger partial charge is 0.317 e. The Morgan fingerprint density at radius 3 is 2.23 bits per heavy atom. The topological polar surface area (TPSA) is 87.9 Å². The molecule has 146 valence electrons. The molecular formula is C19H32N4O3. The summed E-state index contributed by atoms with van der Waals surface area (Å²) in [6.07, 6.45) is 0. The first-order chi connectivity index (χ1) is 12.4. The number of carbonyl (C=O) groups is 2. The third-order valence-electron chi connectivity index (χ3n) is 4.22. The van der Waals surface area contributed by atoms with Crippen molar-refractivity contribution in [2.24, 2.45) is 5.73 Å². The van der Waals surface area contributed by atoms with E-state index in [1.165, 1.54) is 0 Å². The fourth-order valence-corrected chi connectivity index (χ4v) is 2.53. The minimum atomic E-state index is -0.469. The van der Waals surface area contributed by atoms with Gasteiger partial charge in [-0.25, -0.2) is 4.79 Å². The summed E-state index contributed by atoms with van der Waals surface area (Å²) < 4.78 is 5.67. The number of amides is 3. The Balaban J connectivity index is 2.44. The summed E-state index contributed by atoms with van der Waals surface area (Å²) in [6.45, 7) is 12.4. The second-order valence-electron chi connectivity index (χ2n) is 6.28. The van der Waals surface area contributed by atoms with Crippen LogP contribution in [-0.4, -0.2) is 67.1 Å². The third-order valence-corrected chi connectivity index (χ3v) is 4.22. The van der Waals surface area contributed by atoms with Crippen LogP contribution in [0.4, 0.5) is 4.79 Å². The molecule has 0 heterocycles. The number of carbonyl (C=O) groups excluding carboxylic acids is 2. The van der Waals surface area contributed by atoms with E-state index in [4.69, 9.17) is 10.5 Å². The summed E-state index contributed by atoms with van der Waals surface area (Å²) >= 11 is 0. The molecule has 0 radical (unpaired) electrons. The fourth-order valence-electron chi connectivity index (χ4n) is 2.53. The van der Waals surface area contributed by atoms with E-state index in [1.807, 2.05) is 13.8 Å². The number of ether oxygens (including phenoxy) is 1. The number of urea groups is 1. The van der Waals surface area contributed by atoms with Gasteiger partial charge in [0.05, 0.1) is 6.54 Å². The molecule has 1 rings (SSSR count). The fraction of sp³-hybridized carbons (Fsp3) is 0.579. The lowest BCUT2D eigenvalue weighted by Crippen LogP contribution is -2.47. The average Bonchev–Trinajstić information content (AvgIpc) is 2.62. The van der Waals surface area contributed by atoms with Crippen LogP contribution < -0.4 is 15.8 Å². The lowest BCUT2D eigenvalue weighted by atomic mass is 10.2. The summed E-state index contributed by atoms with van der Waals surface area (Å²) in [5, 5.41) is 2.97. The number of hydrogen-bond acceptors (Lipinski definition) is 4. The highest BCUT2D eigenvalue weighted by atomic mass is 16.5. The van der Waals surface area contributed by atoms with Gasteiger partial charge in [-0.3, -0.25) is 4.79 Å². The molecule has 0 spiro atoms. The molecule has 3 amide bonds. The van der Waals surface area contributed by atoms with Crippen LogP contribution in [0.15, 0.2) is 24.3 Å². The van der Waals surface area contributed by atoms with E-state index in [9.17, 15) is 9.59 Å². The zero-order valence-corrected chi connectivity index (χ0v) is 16.3. The quantitative estimate of drug-likeness (QED) is 0.628. The Bertz CT molecular complexity index is 556. The van der Waals surface area contributed by atoms with E-state index in [2.05, 4.69) is 24.1 Å². The minimum Gasteiger partial charge on any atom is -0.492 e. The van der Waals surface area contributed by atoms with Gasteiger partial charge in [0.25, 0.3) is 0 Å². The second-order valence-corrected chi connectivity index (χ2v) is 6.28. The highest BCUT2D eigenvalue weighted by Crippen LogP contribution is 2.12. The van der Waals surface area contributed by atoms with Crippen LogP contribution in [0.5, 0.6) is 5.75 Å². The molecule has 0 aliphatic rings. The predicted octanol–water partition coefficient (Wildman–Crippen LogP) is 1.93. The average molecular weight is 364 g/mol. The van der Waals surface area contributed by atoms with E-state index < -0.39 is 5.91 Å². The van der Waals surface area contributed by atoms with Gasteiger partial charge < -0.3 is 25.6 Å². The monoisotopic (exact) mass is 364 g/mol. The zero-order valence-electron chi connectivity index (χ0n) is 16.3. The summed E-state index contributed by atoms with van der Waals surface area (Å²) in [7, 11) is 0. The molecule has 7 nitrogen and oxygen atoms in total. The molecular weight excluding hydrogens is 332 g/mol. The Kier molecular flexibility index (Phi) is 9.51. The Morgan fingerprint density at radius 1 is 1.12 bits per heavy atom. The van der Waals surface area contributed by atoms with E-state index in [0.29, 0.717) is 31.0 Å². The van der Waals surface area contributed by atoms with Crippen LogP contribution in [0.3, 0.4) is 0 Å². The molecule has 0 saturated carbocycles. The number of likely N-dealkylation sites (N-methyl/N-ethyl adjacent to an activating group) is 1. The zero-order chi connectivity index (χ0) is 19.5. The van der Waals surface area contributed by atoms with Crippen LogP contribution in [0, 0.1) is 0 Å².